The SMILES string of the molecule is CC1CCC(OCc2cc(F)cc(C(=O)O)c2)CC1. The van der Waals surface area contributed by atoms with Crippen LogP contribution in [0.5, 0.6) is 0 Å². The summed E-state index contributed by atoms with van der Waals surface area (Å²) in [4.78, 5) is 10.8. The Morgan fingerprint density at radius 3 is 2.63 bits per heavy atom. The van der Waals surface area contributed by atoms with Crippen LogP contribution in [0.25, 0.3) is 0 Å². The molecular formula is C15H19FO3. The molecule has 0 saturated heterocycles. The lowest BCUT2D eigenvalue weighted by atomic mass is 9.89. The Balaban J connectivity index is 1.94. The van der Waals surface area contributed by atoms with Gasteiger partial charge in [0.2, 0.25) is 0 Å². The minimum atomic E-state index is -1.12. The minimum absolute atomic E-state index is 0.0316. The molecule has 0 bridgehead atoms. The zero-order chi connectivity index (χ0) is 13.8. The van der Waals surface area contributed by atoms with Gasteiger partial charge in [-0.3, -0.25) is 0 Å². The number of benzene rings is 1. The summed E-state index contributed by atoms with van der Waals surface area (Å²) in [6.07, 6.45) is 4.60. The Labute approximate surface area is 112 Å². The standard InChI is InChI=1S/C15H19FO3/c1-10-2-4-14(5-3-10)19-9-11-6-12(15(17)18)8-13(16)7-11/h6-8,10,14H,2-5,9H2,1H3,(H,17,18). The molecule has 0 amide bonds. The summed E-state index contributed by atoms with van der Waals surface area (Å²) < 4.78 is 19.0. The quantitative estimate of drug-likeness (QED) is 0.905. The summed E-state index contributed by atoms with van der Waals surface area (Å²) in [5.74, 6) is -0.893. The second kappa shape index (κ2) is 6.15. The molecule has 0 aromatic heterocycles. The molecule has 104 valence electrons. The highest BCUT2D eigenvalue weighted by atomic mass is 19.1. The summed E-state index contributed by atoms with van der Waals surface area (Å²) in [5, 5.41) is 8.87. The van der Waals surface area contributed by atoms with Gasteiger partial charge in [-0.2, -0.15) is 0 Å². The topological polar surface area (TPSA) is 46.5 Å². The molecule has 0 unspecified atom stereocenters. The predicted octanol–water partition coefficient (Wildman–Crippen LogP) is 3.62. The number of carboxylic acid groups (broad SMARTS) is 1. The van der Waals surface area contributed by atoms with Crippen molar-refractivity contribution in [3.8, 4) is 0 Å². The molecule has 2 rings (SSSR count). The second-order valence-electron chi connectivity index (χ2n) is 5.35. The van der Waals surface area contributed by atoms with Crippen LogP contribution in [0.4, 0.5) is 4.39 Å². The highest BCUT2D eigenvalue weighted by Crippen LogP contribution is 2.26. The summed E-state index contributed by atoms with van der Waals surface area (Å²) in [5.41, 5.74) is 0.548. The Morgan fingerprint density at radius 1 is 1.32 bits per heavy atom. The van der Waals surface area contributed by atoms with Crippen molar-refractivity contribution in [2.24, 2.45) is 5.92 Å². The van der Waals surface area contributed by atoms with E-state index in [1.54, 1.807) is 0 Å². The monoisotopic (exact) mass is 266 g/mol. The van der Waals surface area contributed by atoms with Crippen LogP contribution in [0, 0.1) is 11.7 Å². The molecular weight excluding hydrogens is 247 g/mol. The van der Waals surface area contributed by atoms with Gasteiger partial charge in [0.25, 0.3) is 0 Å². The number of aromatic carboxylic acids is 1. The molecule has 0 spiro atoms. The van der Waals surface area contributed by atoms with Crippen LogP contribution in [0.3, 0.4) is 0 Å². The number of rotatable bonds is 4. The lowest BCUT2D eigenvalue weighted by molar-refractivity contribution is 0.00865. The molecule has 1 aromatic rings. The molecule has 1 saturated carbocycles. The first-order valence-electron chi connectivity index (χ1n) is 6.69. The number of carbonyl (C=O) groups is 1. The van der Waals surface area contributed by atoms with Crippen LogP contribution in [-0.2, 0) is 11.3 Å². The second-order valence-corrected chi connectivity index (χ2v) is 5.35. The van der Waals surface area contributed by atoms with E-state index in [-0.39, 0.29) is 18.3 Å². The molecule has 1 aliphatic rings. The first-order valence-corrected chi connectivity index (χ1v) is 6.69. The number of carboxylic acids is 1. The van der Waals surface area contributed by atoms with Crippen molar-refractivity contribution in [1.82, 2.24) is 0 Å². The lowest BCUT2D eigenvalue weighted by Gasteiger charge is -2.26. The van der Waals surface area contributed by atoms with Gasteiger partial charge in [-0.25, -0.2) is 9.18 Å². The molecule has 3 nitrogen and oxygen atoms in total. The number of hydrogen-bond donors (Lipinski definition) is 1. The van der Waals surface area contributed by atoms with E-state index in [2.05, 4.69) is 6.92 Å². The first kappa shape index (κ1) is 14.0. The zero-order valence-corrected chi connectivity index (χ0v) is 11.1. The Hall–Kier alpha value is -1.42. The van der Waals surface area contributed by atoms with Crippen LogP contribution >= 0.6 is 0 Å². The van der Waals surface area contributed by atoms with Gasteiger partial charge < -0.3 is 9.84 Å². The lowest BCUT2D eigenvalue weighted by Crippen LogP contribution is -2.20. The van der Waals surface area contributed by atoms with Crippen LogP contribution in [-0.4, -0.2) is 17.2 Å². The summed E-state index contributed by atoms with van der Waals surface area (Å²) >= 11 is 0. The van der Waals surface area contributed by atoms with E-state index in [4.69, 9.17) is 9.84 Å². The molecule has 1 N–H and O–H groups in total. The van der Waals surface area contributed by atoms with Crippen molar-refractivity contribution in [3.63, 3.8) is 0 Å². The summed E-state index contributed by atoms with van der Waals surface area (Å²) in [7, 11) is 0. The maximum atomic E-state index is 13.3. The molecule has 1 aromatic carbocycles. The Morgan fingerprint density at radius 2 is 2.00 bits per heavy atom. The van der Waals surface area contributed by atoms with Crippen LogP contribution in [0.2, 0.25) is 0 Å². The number of halogens is 1. The molecule has 4 heteroatoms. The average Bonchev–Trinajstić information content (AvgIpc) is 2.37. The van der Waals surface area contributed by atoms with Crippen molar-refractivity contribution >= 4 is 5.97 Å². The third-order valence-corrected chi connectivity index (χ3v) is 3.65. The molecule has 0 radical (unpaired) electrons. The highest BCUT2D eigenvalue weighted by molar-refractivity contribution is 5.87. The van der Waals surface area contributed by atoms with Gasteiger partial charge in [0.15, 0.2) is 0 Å². The predicted molar refractivity (Wildman–Crippen MR) is 69.6 cm³/mol. The maximum Gasteiger partial charge on any atom is 0.335 e. The third-order valence-electron chi connectivity index (χ3n) is 3.65. The first-order chi connectivity index (χ1) is 9.04. The third kappa shape index (κ3) is 4.03. The van der Waals surface area contributed by atoms with Gasteiger partial charge >= 0.3 is 5.97 Å². The molecule has 0 atom stereocenters. The van der Waals surface area contributed by atoms with Crippen molar-refractivity contribution in [2.45, 2.75) is 45.3 Å². The summed E-state index contributed by atoms with van der Waals surface area (Å²) in [6.45, 7) is 2.51. The fourth-order valence-electron chi connectivity index (χ4n) is 2.47. The van der Waals surface area contributed by atoms with Gasteiger partial charge in [-0.05, 0) is 55.4 Å². The minimum Gasteiger partial charge on any atom is -0.478 e. The fourth-order valence-corrected chi connectivity index (χ4v) is 2.47. The van der Waals surface area contributed by atoms with Gasteiger partial charge in [0.1, 0.15) is 5.82 Å². The molecule has 0 aliphatic heterocycles. The van der Waals surface area contributed by atoms with Crippen molar-refractivity contribution in [1.29, 1.82) is 0 Å². The molecule has 19 heavy (non-hydrogen) atoms. The number of hydrogen-bond acceptors (Lipinski definition) is 2. The van der Waals surface area contributed by atoms with E-state index in [0.29, 0.717) is 5.56 Å². The molecule has 1 fully saturated rings. The van der Waals surface area contributed by atoms with Crippen LogP contribution in [0.15, 0.2) is 18.2 Å². The maximum absolute atomic E-state index is 13.3. The number of ether oxygens (including phenoxy) is 1. The van der Waals surface area contributed by atoms with E-state index in [1.807, 2.05) is 0 Å². The average molecular weight is 266 g/mol. The van der Waals surface area contributed by atoms with Crippen molar-refractivity contribution < 1.29 is 19.0 Å². The zero-order valence-electron chi connectivity index (χ0n) is 11.1. The highest BCUT2D eigenvalue weighted by Gasteiger charge is 2.18. The summed E-state index contributed by atoms with van der Waals surface area (Å²) in [6, 6.07) is 3.82. The van der Waals surface area contributed by atoms with E-state index < -0.39 is 11.8 Å². The smallest absolute Gasteiger partial charge is 0.335 e. The van der Waals surface area contributed by atoms with E-state index >= 15 is 0 Å². The Bertz CT molecular complexity index is 451. The van der Waals surface area contributed by atoms with Gasteiger partial charge in [-0.15, -0.1) is 0 Å². The van der Waals surface area contributed by atoms with Crippen LogP contribution < -0.4 is 0 Å². The van der Waals surface area contributed by atoms with Crippen molar-refractivity contribution in [3.05, 3.63) is 35.1 Å². The van der Waals surface area contributed by atoms with E-state index in [1.165, 1.54) is 12.1 Å². The Kier molecular flexibility index (Phi) is 4.53. The normalized spacial score (nSPS) is 23.3. The molecule has 1 aliphatic carbocycles. The van der Waals surface area contributed by atoms with Crippen molar-refractivity contribution in [2.75, 3.05) is 0 Å². The van der Waals surface area contributed by atoms with Gasteiger partial charge in [0, 0.05) is 0 Å². The van der Waals surface area contributed by atoms with E-state index in [0.717, 1.165) is 37.7 Å². The van der Waals surface area contributed by atoms with Gasteiger partial charge in [0.05, 0.1) is 18.3 Å². The fraction of sp³-hybridized carbons (Fsp3) is 0.533. The van der Waals surface area contributed by atoms with Gasteiger partial charge in [-0.1, -0.05) is 6.92 Å². The molecule has 0 heterocycles. The van der Waals surface area contributed by atoms with E-state index in [9.17, 15) is 9.18 Å². The van der Waals surface area contributed by atoms with Crippen LogP contribution in [0.1, 0.15) is 48.5 Å². The largest absolute Gasteiger partial charge is 0.478 e.